The Kier molecular flexibility index (Phi) is 6.31. The van der Waals surface area contributed by atoms with Crippen molar-refractivity contribution < 1.29 is 5.11 Å². The summed E-state index contributed by atoms with van der Waals surface area (Å²) >= 11 is 0. The molecule has 90 valence electrons. The van der Waals surface area contributed by atoms with Gasteiger partial charge in [0.15, 0.2) is 0 Å². The van der Waals surface area contributed by atoms with Crippen LogP contribution in [0.4, 0.5) is 0 Å². The molecule has 1 aliphatic rings. The first kappa shape index (κ1) is 13.0. The van der Waals surface area contributed by atoms with Gasteiger partial charge in [-0.3, -0.25) is 0 Å². The lowest BCUT2D eigenvalue weighted by molar-refractivity contribution is 0.0866. The van der Waals surface area contributed by atoms with Crippen molar-refractivity contribution in [2.75, 3.05) is 0 Å². The first-order valence-electron chi connectivity index (χ1n) is 6.88. The molecule has 1 unspecified atom stereocenters. The molecule has 0 aromatic rings. The monoisotopic (exact) mass is 212 g/mol. The molecule has 0 amide bonds. The standard InChI is InChI=1S/C14H28O/c1-12(2)8-7-11-14(15)13-9-5-3-4-6-10-13/h12-15H,3-11H2,1-2H3. The summed E-state index contributed by atoms with van der Waals surface area (Å²) in [5.41, 5.74) is 0. The SMILES string of the molecule is CC(C)CCCC(O)C1CCCCCC1. The van der Waals surface area contributed by atoms with Gasteiger partial charge in [0.2, 0.25) is 0 Å². The molecule has 1 aliphatic carbocycles. The van der Waals surface area contributed by atoms with E-state index in [0.717, 1.165) is 12.3 Å². The van der Waals surface area contributed by atoms with Crippen molar-refractivity contribution in [3.8, 4) is 0 Å². The van der Waals surface area contributed by atoms with Crippen LogP contribution in [0, 0.1) is 11.8 Å². The van der Waals surface area contributed by atoms with Crippen LogP contribution in [0.3, 0.4) is 0 Å². The molecule has 0 aliphatic heterocycles. The molecule has 0 aromatic heterocycles. The summed E-state index contributed by atoms with van der Waals surface area (Å²) in [5, 5.41) is 10.1. The fourth-order valence-electron chi connectivity index (χ4n) is 2.67. The molecule has 0 aromatic carbocycles. The van der Waals surface area contributed by atoms with Crippen molar-refractivity contribution in [1.82, 2.24) is 0 Å². The summed E-state index contributed by atoms with van der Waals surface area (Å²) in [6.45, 7) is 4.52. The largest absolute Gasteiger partial charge is 0.393 e. The highest BCUT2D eigenvalue weighted by Gasteiger charge is 2.20. The smallest absolute Gasteiger partial charge is 0.0568 e. The molecule has 0 heterocycles. The van der Waals surface area contributed by atoms with Crippen LogP contribution in [-0.4, -0.2) is 11.2 Å². The molecule has 1 nitrogen and oxygen atoms in total. The van der Waals surface area contributed by atoms with Crippen molar-refractivity contribution in [2.45, 2.75) is 77.7 Å². The van der Waals surface area contributed by atoms with Crippen molar-refractivity contribution in [3.05, 3.63) is 0 Å². The van der Waals surface area contributed by atoms with Gasteiger partial charge in [-0.25, -0.2) is 0 Å². The van der Waals surface area contributed by atoms with Gasteiger partial charge in [0, 0.05) is 0 Å². The van der Waals surface area contributed by atoms with E-state index in [2.05, 4.69) is 13.8 Å². The Morgan fingerprint density at radius 2 is 1.60 bits per heavy atom. The molecule has 0 radical (unpaired) electrons. The molecule has 15 heavy (non-hydrogen) atoms. The lowest BCUT2D eigenvalue weighted by Crippen LogP contribution is -2.19. The third-order valence-corrected chi connectivity index (χ3v) is 3.73. The van der Waals surface area contributed by atoms with E-state index >= 15 is 0 Å². The summed E-state index contributed by atoms with van der Waals surface area (Å²) in [4.78, 5) is 0. The average molecular weight is 212 g/mol. The third-order valence-electron chi connectivity index (χ3n) is 3.73. The van der Waals surface area contributed by atoms with Gasteiger partial charge in [-0.15, -0.1) is 0 Å². The van der Waals surface area contributed by atoms with Crippen LogP contribution >= 0.6 is 0 Å². The minimum atomic E-state index is -0.0122. The maximum atomic E-state index is 10.1. The summed E-state index contributed by atoms with van der Waals surface area (Å²) < 4.78 is 0. The quantitative estimate of drug-likeness (QED) is 0.679. The van der Waals surface area contributed by atoms with E-state index in [4.69, 9.17) is 0 Å². The van der Waals surface area contributed by atoms with Crippen LogP contribution in [-0.2, 0) is 0 Å². The number of hydrogen-bond donors (Lipinski definition) is 1. The van der Waals surface area contributed by atoms with Crippen molar-refractivity contribution >= 4 is 0 Å². The van der Waals surface area contributed by atoms with Gasteiger partial charge in [0.1, 0.15) is 0 Å². The van der Waals surface area contributed by atoms with Crippen LogP contribution in [0.2, 0.25) is 0 Å². The number of aliphatic hydroxyl groups excluding tert-OH is 1. The van der Waals surface area contributed by atoms with Gasteiger partial charge in [-0.2, -0.15) is 0 Å². The van der Waals surface area contributed by atoms with E-state index in [1.807, 2.05) is 0 Å². The molecule has 0 saturated heterocycles. The van der Waals surface area contributed by atoms with Crippen LogP contribution < -0.4 is 0 Å². The Morgan fingerprint density at radius 3 is 2.13 bits per heavy atom. The summed E-state index contributed by atoms with van der Waals surface area (Å²) in [6.07, 6.45) is 11.5. The molecule has 1 N–H and O–H groups in total. The molecule has 1 atom stereocenters. The van der Waals surface area contributed by atoms with Gasteiger partial charge in [0.05, 0.1) is 6.10 Å². The predicted molar refractivity (Wildman–Crippen MR) is 65.9 cm³/mol. The highest BCUT2D eigenvalue weighted by atomic mass is 16.3. The summed E-state index contributed by atoms with van der Waals surface area (Å²) in [6, 6.07) is 0. The Morgan fingerprint density at radius 1 is 1.00 bits per heavy atom. The predicted octanol–water partition coefficient (Wildman–Crippen LogP) is 4.14. The first-order valence-corrected chi connectivity index (χ1v) is 6.88. The zero-order valence-electron chi connectivity index (χ0n) is 10.5. The maximum Gasteiger partial charge on any atom is 0.0568 e. The van der Waals surface area contributed by atoms with Gasteiger partial charge >= 0.3 is 0 Å². The van der Waals surface area contributed by atoms with Gasteiger partial charge in [0.25, 0.3) is 0 Å². The third kappa shape index (κ3) is 5.55. The molecule has 0 spiro atoms. The van der Waals surface area contributed by atoms with Crippen LogP contribution in [0.25, 0.3) is 0 Å². The van der Waals surface area contributed by atoms with Crippen molar-refractivity contribution in [1.29, 1.82) is 0 Å². The lowest BCUT2D eigenvalue weighted by atomic mass is 9.90. The van der Waals surface area contributed by atoms with Gasteiger partial charge in [-0.1, -0.05) is 52.4 Å². The molecule has 0 bridgehead atoms. The Bertz CT molecular complexity index is 145. The maximum absolute atomic E-state index is 10.1. The minimum Gasteiger partial charge on any atom is -0.393 e. The van der Waals surface area contributed by atoms with E-state index in [1.165, 1.54) is 51.4 Å². The molecule has 1 fully saturated rings. The fourth-order valence-corrected chi connectivity index (χ4v) is 2.67. The highest BCUT2D eigenvalue weighted by molar-refractivity contribution is 4.72. The fraction of sp³-hybridized carbons (Fsp3) is 1.00. The zero-order valence-corrected chi connectivity index (χ0v) is 10.5. The van der Waals surface area contributed by atoms with Crippen molar-refractivity contribution in [2.24, 2.45) is 11.8 Å². The number of aliphatic hydroxyl groups is 1. The second-order valence-electron chi connectivity index (χ2n) is 5.64. The van der Waals surface area contributed by atoms with E-state index in [1.54, 1.807) is 0 Å². The van der Waals surface area contributed by atoms with Gasteiger partial charge in [-0.05, 0) is 31.1 Å². The van der Waals surface area contributed by atoms with E-state index in [-0.39, 0.29) is 6.10 Å². The van der Waals surface area contributed by atoms with Gasteiger partial charge < -0.3 is 5.11 Å². The molecule has 1 heteroatoms. The summed E-state index contributed by atoms with van der Waals surface area (Å²) in [5.74, 6) is 1.39. The van der Waals surface area contributed by atoms with Crippen LogP contribution in [0.5, 0.6) is 0 Å². The second-order valence-corrected chi connectivity index (χ2v) is 5.64. The van der Waals surface area contributed by atoms with E-state index in [0.29, 0.717) is 5.92 Å². The number of rotatable bonds is 5. The second kappa shape index (κ2) is 7.27. The van der Waals surface area contributed by atoms with Crippen molar-refractivity contribution in [3.63, 3.8) is 0 Å². The number of hydrogen-bond acceptors (Lipinski definition) is 1. The molecule has 1 rings (SSSR count). The normalized spacial score (nSPS) is 21.6. The van der Waals surface area contributed by atoms with E-state index in [9.17, 15) is 5.11 Å². The van der Waals surface area contributed by atoms with Crippen LogP contribution in [0.15, 0.2) is 0 Å². The minimum absolute atomic E-state index is 0.0122. The molecular weight excluding hydrogens is 184 g/mol. The summed E-state index contributed by atoms with van der Waals surface area (Å²) in [7, 11) is 0. The highest BCUT2D eigenvalue weighted by Crippen LogP contribution is 2.27. The Balaban J connectivity index is 2.16. The zero-order chi connectivity index (χ0) is 11.1. The molecule has 1 saturated carbocycles. The van der Waals surface area contributed by atoms with E-state index < -0.39 is 0 Å². The first-order chi connectivity index (χ1) is 7.20. The Hall–Kier alpha value is -0.0400. The lowest BCUT2D eigenvalue weighted by Gasteiger charge is -2.21. The van der Waals surface area contributed by atoms with Crippen LogP contribution in [0.1, 0.15) is 71.6 Å². The average Bonchev–Trinajstić information content (AvgIpc) is 2.44. The molecular formula is C14H28O. The Labute approximate surface area is 95.3 Å². The topological polar surface area (TPSA) is 20.2 Å².